The van der Waals surface area contributed by atoms with Gasteiger partial charge in [0.1, 0.15) is 0 Å². The van der Waals surface area contributed by atoms with Gasteiger partial charge in [0.25, 0.3) is 0 Å². The summed E-state index contributed by atoms with van der Waals surface area (Å²) in [6.07, 6.45) is -51.7. The largest absolute Gasteiger partial charge is 0.527 e. The first-order valence-electron chi connectivity index (χ1n) is 6.84. The van der Waals surface area contributed by atoms with E-state index in [0.717, 1.165) is 0 Å². The highest BCUT2D eigenvalue weighted by atomic mass is 19.4. The average Bonchev–Trinajstić information content (AvgIpc) is 2.47. The summed E-state index contributed by atoms with van der Waals surface area (Å²) < 4.78 is 256. The third-order valence-electron chi connectivity index (χ3n) is 2.97. The average molecular weight is 566 g/mol. The summed E-state index contributed by atoms with van der Waals surface area (Å²) in [5.41, 5.74) is 0. The van der Waals surface area contributed by atoms with Crippen molar-refractivity contribution in [2.75, 3.05) is 0 Å². The van der Waals surface area contributed by atoms with Crippen LogP contribution in [0.1, 0.15) is 0 Å². The van der Waals surface area contributed by atoms with Crippen molar-refractivity contribution < 1.29 is 107 Å². The zero-order valence-corrected chi connectivity index (χ0v) is 14.3. The smallest absolute Gasteiger partial charge is 0.381 e. The fourth-order valence-electron chi connectivity index (χ4n) is 1.50. The molecule has 0 radical (unpaired) electrons. The van der Waals surface area contributed by atoms with E-state index in [-0.39, 0.29) is 0 Å². The minimum atomic E-state index is -8.13. The zero-order valence-electron chi connectivity index (χ0n) is 14.3. The highest BCUT2D eigenvalue weighted by Crippen LogP contribution is 2.55. The fraction of sp³-hybridized carbons (Fsp3) is 1.00. The van der Waals surface area contributed by atoms with Crippen LogP contribution in [0.5, 0.6) is 0 Å². The van der Waals surface area contributed by atoms with Crippen molar-refractivity contribution >= 4 is 0 Å². The molecule has 2 unspecified atom stereocenters. The third-order valence-corrected chi connectivity index (χ3v) is 2.97. The Balaban J connectivity index is 6.60. The molecule has 0 rings (SSSR count). The molecule has 4 nitrogen and oxygen atoms in total. The quantitative estimate of drug-likeness (QED) is 0.364. The van der Waals surface area contributed by atoms with E-state index in [1.807, 2.05) is 0 Å². The van der Waals surface area contributed by atoms with Crippen LogP contribution in [-0.2, 0) is 14.2 Å². The number of hydrogen-bond donors (Lipinski definition) is 1. The standard InChI is InChI=1S/C10H2F20O4/c11-2(12,6(19,20)33-9(25,26)27)1(31)3(13,5(16,17)18)32-7(21,22)4(14,15)8(23,24)34-10(28,29)30/h1,31H. The molecule has 0 amide bonds. The Morgan fingerprint density at radius 3 is 1.03 bits per heavy atom. The second kappa shape index (κ2) is 8.53. The van der Waals surface area contributed by atoms with Gasteiger partial charge >= 0.3 is 54.9 Å². The van der Waals surface area contributed by atoms with Gasteiger partial charge in [-0.25, -0.2) is 9.47 Å². The van der Waals surface area contributed by atoms with E-state index >= 15 is 0 Å². The van der Waals surface area contributed by atoms with E-state index in [1.165, 1.54) is 14.2 Å². The summed E-state index contributed by atoms with van der Waals surface area (Å²) >= 11 is 0. The van der Waals surface area contributed by atoms with E-state index in [2.05, 4.69) is 0 Å². The van der Waals surface area contributed by atoms with Gasteiger partial charge in [-0.3, -0.25) is 4.74 Å². The molecule has 0 aliphatic heterocycles. The van der Waals surface area contributed by atoms with Crippen molar-refractivity contribution in [1.29, 1.82) is 0 Å². The van der Waals surface area contributed by atoms with Crippen molar-refractivity contribution in [3.63, 3.8) is 0 Å². The molecule has 34 heavy (non-hydrogen) atoms. The number of ether oxygens (including phenoxy) is 3. The molecule has 0 saturated heterocycles. The second-order valence-electron chi connectivity index (χ2n) is 5.49. The second-order valence-corrected chi connectivity index (χ2v) is 5.49. The molecule has 0 spiro atoms. The predicted octanol–water partition coefficient (Wildman–Crippen LogP) is 5.71. The van der Waals surface area contributed by atoms with Crippen molar-refractivity contribution in [1.82, 2.24) is 0 Å². The minimum absolute atomic E-state index is 1.19. The monoisotopic (exact) mass is 566 g/mol. The van der Waals surface area contributed by atoms with Crippen LogP contribution >= 0.6 is 0 Å². The number of hydrogen-bond acceptors (Lipinski definition) is 4. The third kappa shape index (κ3) is 6.35. The Kier molecular flexibility index (Phi) is 8.14. The summed E-state index contributed by atoms with van der Waals surface area (Å²) in [6.45, 7) is 0. The molecular formula is C10H2F20O4. The van der Waals surface area contributed by atoms with Gasteiger partial charge < -0.3 is 5.11 Å². The minimum Gasteiger partial charge on any atom is -0.381 e. The lowest BCUT2D eigenvalue weighted by atomic mass is 10.0. The maximum absolute atomic E-state index is 13.8. The summed E-state index contributed by atoms with van der Waals surface area (Å²) in [6, 6.07) is 0. The highest BCUT2D eigenvalue weighted by molar-refractivity contribution is 5.00. The Morgan fingerprint density at radius 2 is 0.735 bits per heavy atom. The van der Waals surface area contributed by atoms with E-state index in [4.69, 9.17) is 5.11 Å². The van der Waals surface area contributed by atoms with Gasteiger partial charge in [0.05, 0.1) is 0 Å². The molecule has 0 aliphatic carbocycles. The van der Waals surface area contributed by atoms with E-state index in [1.54, 1.807) is 0 Å². The molecule has 0 aliphatic rings. The molecule has 0 bridgehead atoms. The predicted molar refractivity (Wildman–Crippen MR) is 56.0 cm³/mol. The van der Waals surface area contributed by atoms with Crippen LogP contribution in [0.25, 0.3) is 0 Å². The Morgan fingerprint density at radius 1 is 0.441 bits per heavy atom. The SMILES string of the molecule is OC(C(F)(F)C(F)(F)OC(F)(F)F)C(F)(OC(F)(F)C(F)(F)C(F)(F)OC(F)(F)F)C(F)(F)F. The first kappa shape index (κ1) is 32.4. The first-order valence-corrected chi connectivity index (χ1v) is 6.84. The Bertz CT molecular complexity index is 706. The lowest BCUT2D eigenvalue weighted by Crippen LogP contribution is -2.69. The maximum Gasteiger partial charge on any atom is 0.527 e. The van der Waals surface area contributed by atoms with Crippen LogP contribution < -0.4 is 0 Å². The summed E-state index contributed by atoms with van der Waals surface area (Å²) in [5, 5.41) is 8.51. The van der Waals surface area contributed by atoms with Crippen LogP contribution in [0, 0.1) is 0 Å². The van der Waals surface area contributed by atoms with Gasteiger partial charge in [0.2, 0.25) is 0 Å². The molecule has 206 valence electrons. The van der Waals surface area contributed by atoms with Crippen molar-refractivity contribution in [2.45, 2.75) is 61.0 Å². The van der Waals surface area contributed by atoms with Crippen molar-refractivity contribution in [3.05, 3.63) is 0 Å². The number of rotatable bonds is 9. The summed E-state index contributed by atoms with van der Waals surface area (Å²) in [5.74, 6) is -23.7. The van der Waals surface area contributed by atoms with Crippen LogP contribution in [0.4, 0.5) is 87.8 Å². The van der Waals surface area contributed by atoms with Crippen LogP contribution in [0.3, 0.4) is 0 Å². The van der Waals surface area contributed by atoms with Crippen LogP contribution in [-0.4, -0.2) is 66.1 Å². The molecule has 0 aromatic heterocycles. The Labute approximate surface area is 169 Å². The molecule has 2 atom stereocenters. The zero-order chi connectivity index (χ0) is 28.2. The van der Waals surface area contributed by atoms with E-state index in [0.29, 0.717) is 0 Å². The van der Waals surface area contributed by atoms with E-state index < -0.39 is 61.0 Å². The molecule has 0 fully saturated rings. The summed E-state index contributed by atoms with van der Waals surface area (Å²) in [4.78, 5) is 0. The molecule has 0 aromatic rings. The van der Waals surface area contributed by atoms with Gasteiger partial charge in [-0.2, -0.15) is 61.5 Å². The van der Waals surface area contributed by atoms with Gasteiger partial charge in [0.15, 0.2) is 6.10 Å². The molecule has 24 heteroatoms. The number of aliphatic hydroxyl groups is 1. The van der Waals surface area contributed by atoms with Crippen molar-refractivity contribution in [2.24, 2.45) is 0 Å². The highest BCUT2D eigenvalue weighted by Gasteiger charge is 2.84. The molecular weight excluding hydrogens is 564 g/mol. The van der Waals surface area contributed by atoms with Gasteiger partial charge in [-0.05, 0) is 0 Å². The fourth-order valence-corrected chi connectivity index (χ4v) is 1.50. The first-order chi connectivity index (χ1) is 14.3. The molecule has 1 N–H and O–H groups in total. The lowest BCUT2D eigenvalue weighted by molar-refractivity contribution is -0.541. The molecule has 0 aromatic carbocycles. The van der Waals surface area contributed by atoms with Crippen molar-refractivity contribution in [3.8, 4) is 0 Å². The number of halogens is 20. The number of aliphatic hydroxyl groups excluding tert-OH is 1. The molecule has 0 saturated carbocycles. The summed E-state index contributed by atoms with van der Waals surface area (Å²) in [7, 11) is 0. The van der Waals surface area contributed by atoms with E-state index in [9.17, 15) is 87.8 Å². The van der Waals surface area contributed by atoms with Gasteiger partial charge in [-0.1, -0.05) is 0 Å². The maximum atomic E-state index is 13.8. The van der Waals surface area contributed by atoms with Gasteiger partial charge in [-0.15, -0.1) is 26.3 Å². The normalized spacial score (nSPS) is 18.6. The van der Waals surface area contributed by atoms with Gasteiger partial charge in [0, 0.05) is 0 Å². The number of alkyl halides is 20. The topological polar surface area (TPSA) is 47.9 Å². The Hall–Kier alpha value is -1.56. The van der Waals surface area contributed by atoms with Crippen LogP contribution in [0.2, 0.25) is 0 Å². The molecule has 0 heterocycles. The van der Waals surface area contributed by atoms with Crippen LogP contribution in [0.15, 0.2) is 0 Å². The lowest BCUT2D eigenvalue weighted by Gasteiger charge is -2.41.